The van der Waals surface area contributed by atoms with Gasteiger partial charge in [-0.25, -0.2) is 4.39 Å². The monoisotopic (exact) mass is 338 g/mol. The summed E-state index contributed by atoms with van der Waals surface area (Å²) in [5.74, 6) is -0.981. The molecule has 0 atom stereocenters. The van der Waals surface area contributed by atoms with E-state index in [9.17, 15) is 18.0 Å². The van der Waals surface area contributed by atoms with E-state index in [0.717, 1.165) is 6.21 Å². The predicted octanol–water partition coefficient (Wildman–Crippen LogP) is 3.42. The zero-order valence-corrected chi connectivity index (χ0v) is 12.3. The van der Waals surface area contributed by atoms with Crippen LogP contribution >= 0.6 is 0 Å². The van der Waals surface area contributed by atoms with Crippen molar-refractivity contribution in [2.24, 2.45) is 5.16 Å². The lowest BCUT2D eigenvalue weighted by atomic mass is 10.2. The van der Waals surface area contributed by atoms with Crippen LogP contribution in [-0.4, -0.2) is 25.3 Å². The van der Waals surface area contributed by atoms with Crippen LogP contribution in [0.1, 0.15) is 5.56 Å². The standard InChI is InChI=1S/C16H13F3N2O3/c17-12-5-7-13(8-6-12)21-15(22)10-23-20-9-11-3-1-2-4-14(11)24-16(18)19/h1-9,16H,10H2,(H,21,22)/b20-9+. The van der Waals surface area contributed by atoms with E-state index in [1.165, 1.54) is 42.5 Å². The molecule has 0 bridgehead atoms. The van der Waals surface area contributed by atoms with E-state index < -0.39 is 24.9 Å². The number of rotatable bonds is 7. The molecule has 0 fully saturated rings. The first-order valence-electron chi connectivity index (χ1n) is 6.79. The van der Waals surface area contributed by atoms with Crippen molar-refractivity contribution in [2.45, 2.75) is 6.61 Å². The number of carbonyl (C=O) groups excluding carboxylic acids is 1. The summed E-state index contributed by atoms with van der Waals surface area (Å²) < 4.78 is 41.6. The molecule has 0 spiro atoms. The van der Waals surface area contributed by atoms with Gasteiger partial charge in [-0.2, -0.15) is 8.78 Å². The second-order valence-corrected chi connectivity index (χ2v) is 4.48. The van der Waals surface area contributed by atoms with Crippen molar-refractivity contribution in [3.05, 3.63) is 59.9 Å². The van der Waals surface area contributed by atoms with Crippen molar-refractivity contribution >= 4 is 17.8 Å². The molecule has 8 heteroatoms. The average Bonchev–Trinajstić information content (AvgIpc) is 2.55. The number of hydrogen-bond donors (Lipinski definition) is 1. The zero-order valence-electron chi connectivity index (χ0n) is 12.3. The minimum atomic E-state index is -2.96. The number of alkyl halides is 2. The summed E-state index contributed by atoms with van der Waals surface area (Å²) in [6.45, 7) is -3.35. The summed E-state index contributed by atoms with van der Waals surface area (Å²) in [6, 6.07) is 11.2. The number of carbonyl (C=O) groups is 1. The number of nitrogens with one attached hydrogen (secondary N) is 1. The van der Waals surface area contributed by atoms with Gasteiger partial charge in [0.15, 0.2) is 6.61 Å². The Morgan fingerprint density at radius 1 is 1.17 bits per heavy atom. The number of amides is 1. The van der Waals surface area contributed by atoms with Gasteiger partial charge in [-0.15, -0.1) is 0 Å². The number of halogens is 3. The minimum Gasteiger partial charge on any atom is -0.434 e. The zero-order chi connectivity index (χ0) is 17.4. The number of anilines is 1. The Kier molecular flexibility index (Phi) is 6.18. The summed E-state index contributed by atoms with van der Waals surface area (Å²) in [5, 5.41) is 6.01. The lowest BCUT2D eigenvalue weighted by molar-refractivity contribution is -0.120. The summed E-state index contributed by atoms with van der Waals surface area (Å²) in [7, 11) is 0. The number of hydrogen-bond acceptors (Lipinski definition) is 4. The smallest absolute Gasteiger partial charge is 0.387 e. The normalized spacial score (nSPS) is 10.8. The lowest BCUT2D eigenvalue weighted by Crippen LogP contribution is -2.16. The highest BCUT2D eigenvalue weighted by molar-refractivity contribution is 5.91. The van der Waals surface area contributed by atoms with E-state index in [0.29, 0.717) is 5.69 Å². The van der Waals surface area contributed by atoms with Crippen LogP contribution in [-0.2, 0) is 9.63 Å². The highest BCUT2D eigenvalue weighted by atomic mass is 19.3. The highest BCUT2D eigenvalue weighted by Gasteiger charge is 2.07. The molecular formula is C16H13F3N2O3. The van der Waals surface area contributed by atoms with Gasteiger partial charge >= 0.3 is 6.61 Å². The Balaban J connectivity index is 1.84. The van der Waals surface area contributed by atoms with Crippen molar-refractivity contribution < 1.29 is 27.5 Å². The molecule has 2 aromatic carbocycles. The summed E-state index contributed by atoms with van der Waals surface area (Å²) in [4.78, 5) is 16.4. The fraction of sp³-hybridized carbons (Fsp3) is 0.125. The molecular weight excluding hydrogens is 325 g/mol. The molecule has 0 aliphatic carbocycles. The predicted molar refractivity (Wildman–Crippen MR) is 81.6 cm³/mol. The van der Waals surface area contributed by atoms with Crippen LogP contribution in [0.2, 0.25) is 0 Å². The molecule has 0 aliphatic rings. The third-order valence-electron chi connectivity index (χ3n) is 2.73. The van der Waals surface area contributed by atoms with E-state index in [1.54, 1.807) is 6.07 Å². The maximum absolute atomic E-state index is 12.7. The molecule has 0 radical (unpaired) electrons. The Labute approximate surface area is 135 Å². The van der Waals surface area contributed by atoms with Crippen LogP contribution in [0.3, 0.4) is 0 Å². The van der Waals surface area contributed by atoms with Crippen molar-refractivity contribution in [3.8, 4) is 5.75 Å². The molecule has 0 aliphatic heterocycles. The first-order chi connectivity index (χ1) is 11.5. The first-order valence-corrected chi connectivity index (χ1v) is 6.79. The van der Waals surface area contributed by atoms with Crippen LogP contribution in [0.25, 0.3) is 0 Å². The van der Waals surface area contributed by atoms with Crippen molar-refractivity contribution in [1.82, 2.24) is 0 Å². The lowest BCUT2D eigenvalue weighted by Gasteiger charge is -2.07. The van der Waals surface area contributed by atoms with Crippen LogP contribution in [0, 0.1) is 5.82 Å². The number of nitrogens with zero attached hydrogens (tertiary/aromatic N) is 1. The Morgan fingerprint density at radius 2 is 1.88 bits per heavy atom. The number of para-hydroxylation sites is 1. The van der Waals surface area contributed by atoms with E-state index in [4.69, 9.17) is 4.84 Å². The molecule has 24 heavy (non-hydrogen) atoms. The third kappa shape index (κ3) is 5.64. The first kappa shape index (κ1) is 17.3. The largest absolute Gasteiger partial charge is 0.434 e. The van der Waals surface area contributed by atoms with Gasteiger partial charge in [0, 0.05) is 11.3 Å². The molecule has 1 amide bonds. The van der Waals surface area contributed by atoms with Crippen LogP contribution in [0.4, 0.5) is 18.9 Å². The summed E-state index contributed by atoms with van der Waals surface area (Å²) in [5.41, 5.74) is 0.682. The van der Waals surface area contributed by atoms with Crippen LogP contribution in [0.5, 0.6) is 5.75 Å². The fourth-order valence-electron chi connectivity index (χ4n) is 1.71. The van der Waals surface area contributed by atoms with Gasteiger partial charge in [-0.05, 0) is 36.4 Å². The van der Waals surface area contributed by atoms with Gasteiger partial charge in [-0.1, -0.05) is 17.3 Å². The molecule has 5 nitrogen and oxygen atoms in total. The Hall–Kier alpha value is -3.03. The topological polar surface area (TPSA) is 59.9 Å². The van der Waals surface area contributed by atoms with E-state index in [2.05, 4.69) is 15.2 Å². The van der Waals surface area contributed by atoms with E-state index in [1.807, 2.05) is 0 Å². The molecule has 126 valence electrons. The molecule has 0 unspecified atom stereocenters. The van der Waals surface area contributed by atoms with Crippen molar-refractivity contribution in [1.29, 1.82) is 0 Å². The molecule has 2 aromatic rings. The molecule has 0 aromatic heterocycles. The van der Waals surface area contributed by atoms with Gasteiger partial charge in [0.2, 0.25) is 0 Å². The van der Waals surface area contributed by atoms with Crippen molar-refractivity contribution in [2.75, 3.05) is 11.9 Å². The fourth-order valence-corrected chi connectivity index (χ4v) is 1.71. The molecule has 2 rings (SSSR count). The molecule has 0 heterocycles. The molecule has 0 saturated heterocycles. The quantitative estimate of drug-likeness (QED) is 0.622. The van der Waals surface area contributed by atoms with Gasteiger partial charge in [0.25, 0.3) is 5.91 Å². The number of benzene rings is 2. The van der Waals surface area contributed by atoms with Crippen LogP contribution < -0.4 is 10.1 Å². The molecule has 1 N–H and O–H groups in total. The van der Waals surface area contributed by atoms with E-state index in [-0.39, 0.29) is 11.3 Å². The third-order valence-corrected chi connectivity index (χ3v) is 2.73. The second-order valence-electron chi connectivity index (χ2n) is 4.48. The van der Waals surface area contributed by atoms with Crippen molar-refractivity contribution in [3.63, 3.8) is 0 Å². The summed E-state index contributed by atoms with van der Waals surface area (Å²) >= 11 is 0. The number of oxime groups is 1. The maximum Gasteiger partial charge on any atom is 0.387 e. The van der Waals surface area contributed by atoms with Gasteiger partial charge in [0.1, 0.15) is 11.6 Å². The SMILES string of the molecule is O=C(CO/N=C/c1ccccc1OC(F)F)Nc1ccc(F)cc1. The van der Waals surface area contributed by atoms with Gasteiger partial charge in [-0.3, -0.25) is 4.79 Å². The minimum absolute atomic E-state index is 0.0596. The maximum atomic E-state index is 12.7. The Bertz CT molecular complexity index is 706. The average molecular weight is 338 g/mol. The molecule has 0 saturated carbocycles. The Morgan fingerprint density at radius 3 is 2.58 bits per heavy atom. The second kappa shape index (κ2) is 8.56. The number of ether oxygens (including phenoxy) is 1. The van der Waals surface area contributed by atoms with Gasteiger partial charge in [0.05, 0.1) is 6.21 Å². The van der Waals surface area contributed by atoms with E-state index >= 15 is 0 Å². The van der Waals surface area contributed by atoms with Gasteiger partial charge < -0.3 is 14.9 Å². The highest BCUT2D eigenvalue weighted by Crippen LogP contribution is 2.18. The van der Waals surface area contributed by atoms with Crippen LogP contribution in [0.15, 0.2) is 53.7 Å². The summed E-state index contributed by atoms with van der Waals surface area (Å²) in [6.07, 6.45) is 1.16.